The van der Waals surface area contributed by atoms with Gasteiger partial charge in [0.1, 0.15) is 17.4 Å². The monoisotopic (exact) mass is 308 g/mol. The van der Waals surface area contributed by atoms with Crippen LogP contribution in [0.15, 0.2) is 42.2 Å². The Morgan fingerprint density at radius 3 is 2.70 bits per heavy atom. The molecule has 0 radical (unpaired) electrons. The number of aromatic nitrogens is 2. The van der Waals surface area contributed by atoms with Crippen molar-refractivity contribution in [3.8, 4) is 5.75 Å². The lowest BCUT2D eigenvalue weighted by Crippen LogP contribution is -2.15. The van der Waals surface area contributed by atoms with Gasteiger partial charge in [-0.15, -0.1) is 0 Å². The van der Waals surface area contributed by atoms with Crippen LogP contribution in [0.25, 0.3) is 5.57 Å². The number of methoxy groups -OCH3 is 1. The first kappa shape index (κ1) is 13.4. The van der Waals surface area contributed by atoms with Crippen LogP contribution in [-0.2, 0) is 0 Å². The highest BCUT2D eigenvalue weighted by molar-refractivity contribution is 5.96. The Bertz CT molecular complexity index is 840. The predicted molar refractivity (Wildman–Crippen MR) is 90.9 cm³/mol. The smallest absolute Gasteiger partial charge is 0.223 e. The maximum absolute atomic E-state index is 6.05. The molecule has 0 fully saturated rings. The third-order valence-electron chi connectivity index (χ3n) is 3.98. The van der Waals surface area contributed by atoms with E-state index >= 15 is 0 Å². The van der Waals surface area contributed by atoms with E-state index < -0.39 is 0 Å². The normalized spacial score (nSPS) is 15.3. The Morgan fingerprint density at radius 1 is 1.17 bits per heavy atom. The minimum Gasteiger partial charge on any atom is -0.497 e. The van der Waals surface area contributed by atoms with Gasteiger partial charge in [0.2, 0.25) is 5.95 Å². The minimum absolute atomic E-state index is 0.163. The number of anilines is 4. The highest BCUT2D eigenvalue weighted by Gasteiger charge is 2.28. The van der Waals surface area contributed by atoms with Crippen molar-refractivity contribution in [2.75, 3.05) is 35.3 Å². The Hall–Kier alpha value is -3.22. The molecule has 2 aromatic rings. The zero-order valence-corrected chi connectivity index (χ0v) is 12.6. The van der Waals surface area contributed by atoms with E-state index in [1.165, 1.54) is 0 Å². The number of nitrogens with one attached hydrogen (secondary N) is 1. The molecule has 7 nitrogen and oxygen atoms in total. The topological polar surface area (TPSA) is 102 Å². The van der Waals surface area contributed by atoms with Gasteiger partial charge in [-0.25, -0.2) is 0 Å². The summed E-state index contributed by atoms with van der Waals surface area (Å²) in [5.74, 6) is 2.02. The van der Waals surface area contributed by atoms with Gasteiger partial charge in [0.15, 0.2) is 0 Å². The zero-order chi connectivity index (χ0) is 16.0. The first-order valence-electron chi connectivity index (χ1n) is 7.17. The summed E-state index contributed by atoms with van der Waals surface area (Å²) in [6.45, 7) is 0.748. The molecule has 0 saturated carbocycles. The first-order chi connectivity index (χ1) is 11.2. The Balaban J connectivity index is 1.74. The molecule has 2 aliphatic heterocycles. The molecule has 0 aliphatic carbocycles. The maximum atomic E-state index is 6.05. The van der Waals surface area contributed by atoms with Crippen LogP contribution in [-0.4, -0.2) is 23.6 Å². The lowest BCUT2D eigenvalue weighted by molar-refractivity contribution is 0.415. The molecule has 3 heterocycles. The van der Waals surface area contributed by atoms with E-state index in [-0.39, 0.29) is 5.95 Å². The van der Waals surface area contributed by atoms with Crippen molar-refractivity contribution in [2.24, 2.45) is 0 Å². The van der Waals surface area contributed by atoms with Crippen LogP contribution in [0, 0.1) is 0 Å². The van der Waals surface area contributed by atoms with Crippen LogP contribution < -0.4 is 26.4 Å². The largest absolute Gasteiger partial charge is 0.497 e. The Labute approximate surface area is 133 Å². The standard InChI is InChI=1S/C16H16N6O/c1-23-11-4-2-10(3-5-11)22-7-9-6-19-15-13(12(9)8-22)14(17)20-16(18)21-15/h2-6,8H,7H2,1H3,(H5,17,18,19,20,21). The van der Waals surface area contributed by atoms with Crippen molar-refractivity contribution in [3.63, 3.8) is 0 Å². The Kier molecular flexibility index (Phi) is 2.87. The van der Waals surface area contributed by atoms with Crippen molar-refractivity contribution < 1.29 is 4.74 Å². The van der Waals surface area contributed by atoms with Gasteiger partial charge < -0.3 is 26.4 Å². The second-order valence-electron chi connectivity index (χ2n) is 5.37. The Morgan fingerprint density at radius 2 is 1.96 bits per heavy atom. The molecule has 4 rings (SSSR count). The lowest BCUT2D eigenvalue weighted by atomic mass is 10.00. The van der Waals surface area contributed by atoms with E-state index in [0.29, 0.717) is 11.6 Å². The summed E-state index contributed by atoms with van der Waals surface area (Å²) in [6.07, 6.45) is 3.99. The van der Waals surface area contributed by atoms with Crippen LogP contribution in [0.1, 0.15) is 5.56 Å². The van der Waals surface area contributed by atoms with Crippen LogP contribution in [0.3, 0.4) is 0 Å². The number of fused-ring (bicyclic) bond motifs is 3. The van der Waals surface area contributed by atoms with Gasteiger partial charge in [-0.3, -0.25) is 0 Å². The van der Waals surface area contributed by atoms with Gasteiger partial charge in [0, 0.05) is 30.2 Å². The number of hydrogen-bond acceptors (Lipinski definition) is 7. The highest BCUT2D eigenvalue weighted by atomic mass is 16.5. The molecule has 2 aliphatic rings. The number of rotatable bonds is 2. The van der Waals surface area contributed by atoms with Gasteiger partial charge in [-0.2, -0.15) is 9.97 Å². The van der Waals surface area contributed by atoms with Gasteiger partial charge in [-0.1, -0.05) is 0 Å². The van der Waals surface area contributed by atoms with E-state index in [2.05, 4.69) is 26.4 Å². The maximum Gasteiger partial charge on any atom is 0.223 e. The number of nitrogens with zero attached hydrogens (tertiary/aromatic N) is 3. The minimum atomic E-state index is 0.163. The quantitative estimate of drug-likeness (QED) is 0.777. The molecule has 5 N–H and O–H groups in total. The van der Waals surface area contributed by atoms with Crippen LogP contribution in [0.5, 0.6) is 5.75 Å². The van der Waals surface area contributed by atoms with Gasteiger partial charge in [0.05, 0.1) is 12.7 Å². The van der Waals surface area contributed by atoms with E-state index in [9.17, 15) is 0 Å². The second-order valence-corrected chi connectivity index (χ2v) is 5.37. The van der Waals surface area contributed by atoms with E-state index in [0.717, 1.165) is 34.7 Å². The number of ether oxygens (including phenoxy) is 1. The molecule has 0 amide bonds. The molecule has 1 aromatic carbocycles. The fourth-order valence-corrected chi connectivity index (χ4v) is 2.86. The molecule has 0 bridgehead atoms. The van der Waals surface area contributed by atoms with Gasteiger partial charge in [0.25, 0.3) is 0 Å². The van der Waals surface area contributed by atoms with Crippen molar-refractivity contribution in [1.82, 2.24) is 9.97 Å². The summed E-state index contributed by atoms with van der Waals surface area (Å²) in [5, 5.41) is 3.15. The van der Waals surface area contributed by atoms with E-state index in [1.807, 2.05) is 30.5 Å². The predicted octanol–water partition coefficient (Wildman–Crippen LogP) is 1.82. The summed E-state index contributed by atoms with van der Waals surface area (Å²) in [4.78, 5) is 10.4. The highest BCUT2D eigenvalue weighted by Crippen LogP contribution is 2.41. The molecule has 0 spiro atoms. The van der Waals surface area contributed by atoms with E-state index in [4.69, 9.17) is 16.2 Å². The first-order valence-corrected chi connectivity index (χ1v) is 7.17. The van der Waals surface area contributed by atoms with Crippen molar-refractivity contribution in [1.29, 1.82) is 0 Å². The van der Waals surface area contributed by atoms with Crippen molar-refractivity contribution in [2.45, 2.75) is 0 Å². The number of hydrogen-bond donors (Lipinski definition) is 3. The van der Waals surface area contributed by atoms with Crippen molar-refractivity contribution in [3.05, 3.63) is 47.8 Å². The third-order valence-corrected chi connectivity index (χ3v) is 3.98. The van der Waals surface area contributed by atoms with Crippen LogP contribution in [0.4, 0.5) is 23.3 Å². The average Bonchev–Trinajstić information content (AvgIpc) is 2.98. The van der Waals surface area contributed by atoms with Gasteiger partial charge in [-0.05, 0) is 29.8 Å². The average molecular weight is 308 g/mol. The molecule has 0 unspecified atom stereocenters. The molecule has 23 heavy (non-hydrogen) atoms. The zero-order valence-electron chi connectivity index (χ0n) is 12.6. The number of benzene rings is 1. The van der Waals surface area contributed by atoms with Crippen LogP contribution in [0.2, 0.25) is 0 Å². The second kappa shape index (κ2) is 4.91. The summed E-state index contributed by atoms with van der Waals surface area (Å²) in [6, 6.07) is 7.92. The summed E-state index contributed by atoms with van der Waals surface area (Å²) < 4.78 is 5.20. The molecule has 0 saturated heterocycles. The van der Waals surface area contributed by atoms with Crippen LogP contribution >= 0.6 is 0 Å². The molecule has 0 atom stereocenters. The summed E-state index contributed by atoms with van der Waals surface area (Å²) in [7, 11) is 1.66. The lowest BCUT2D eigenvalue weighted by Gasteiger charge is -2.18. The van der Waals surface area contributed by atoms with Gasteiger partial charge >= 0.3 is 0 Å². The summed E-state index contributed by atoms with van der Waals surface area (Å²) in [5.41, 5.74) is 15.7. The fraction of sp³-hybridized carbons (Fsp3) is 0.125. The van der Waals surface area contributed by atoms with Crippen molar-refractivity contribution >= 4 is 28.8 Å². The molecule has 7 heteroatoms. The van der Waals surface area contributed by atoms with E-state index in [1.54, 1.807) is 7.11 Å². The summed E-state index contributed by atoms with van der Waals surface area (Å²) >= 11 is 0. The molecular formula is C16H16N6O. The molecule has 116 valence electrons. The number of nitrogens with two attached hydrogens (primary N) is 2. The SMILES string of the molecule is COc1ccc(N2C=C3C(=CNc4nc(N)nc(N)c43)C2)cc1. The fourth-order valence-electron chi connectivity index (χ4n) is 2.86. The third kappa shape index (κ3) is 2.13. The molecule has 1 aromatic heterocycles. The number of nitrogen functional groups attached to an aromatic ring is 2. The molecular weight excluding hydrogens is 292 g/mol.